The summed E-state index contributed by atoms with van der Waals surface area (Å²) >= 11 is 0. The third-order valence-corrected chi connectivity index (χ3v) is 0.621. The van der Waals surface area contributed by atoms with Crippen molar-refractivity contribution in [1.82, 2.24) is 0 Å². The van der Waals surface area contributed by atoms with Gasteiger partial charge in [-0.15, -0.1) is 0 Å². The second kappa shape index (κ2) is 5.92. The highest BCUT2D eigenvalue weighted by molar-refractivity contribution is 4.50. The van der Waals surface area contributed by atoms with Crippen molar-refractivity contribution in [2.45, 2.75) is 33.1 Å². The zero-order valence-electron chi connectivity index (χ0n) is 6.05. The Bertz CT molecular complexity index is 46.8. The molecule has 0 aliphatic rings. The Hall–Kier alpha value is -0.210. The molecule has 0 radical (unpaired) electrons. The Labute approximate surface area is 54.1 Å². The molecule has 0 N–H and O–H groups in total. The van der Waals surface area contributed by atoms with E-state index < -0.39 is 5.92 Å². The molecule has 0 saturated heterocycles. The molecule has 9 heavy (non-hydrogen) atoms. The molecular formula is C6H13F3. The molecule has 0 aromatic rings. The van der Waals surface area contributed by atoms with Gasteiger partial charge >= 0.3 is 0 Å². The third-order valence-electron chi connectivity index (χ3n) is 0.621. The van der Waals surface area contributed by atoms with Gasteiger partial charge in [0.2, 0.25) is 5.92 Å². The number of alkyl halides is 3. The molecule has 3 heteroatoms. The number of hydrogen-bond acceptors (Lipinski definition) is 0. The van der Waals surface area contributed by atoms with Crippen molar-refractivity contribution in [1.29, 1.82) is 0 Å². The quantitative estimate of drug-likeness (QED) is 0.528. The van der Waals surface area contributed by atoms with E-state index in [2.05, 4.69) is 0 Å². The normalized spacial score (nSPS) is 10.0. The Balaban J connectivity index is 0. The number of halogens is 3. The summed E-state index contributed by atoms with van der Waals surface area (Å²) in [6.45, 7) is 3.58. The lowest BCUT2D eigenvalue weighted by atomic mass is 10.3. The van der Waals surface area contributed by atoms with Gasteiger partial charge in [0.25, 0.3) is 0 Å². The van der Waals surface area contributed by atoms with Crippen LogP contribution in [0.4, 0.5) is 13.2 Å². The van der Waals surface area contributed by atoms with Gasteiger partial charge in [-0.05, 0) is 13.8 Å². The van der Waals surface area contributed by atoms with Crippen LogP contribution < -0.4 is 0 Å². The van der Waals surface area contributed by atoms with E-state index in [1.807, 2.05) is 0 Å². The standard InChI is InChI=1S/C4H8F2.C2H5F/c1-3-4(2,5)6;1-2-3/h3H2,1-2H3;2H2,1H3. The van der Waals surface area contributed by atoms with E-state index in [1.54, 1.807) is 0 Å². The van der Waals surface area contributed by atoms with Crippen molar-refractivity contribution in [2.24, 2.45) is 0 Å². The minimum atomic E-state index is -2.46. The predicted octanol–water partition coefficient (Wildman–Crippen LogP) is 3.03. The SMILES string of the molecule is CCC(C)(F)F.CCF. The molecule has 0 fully saturated rings. The van der Waals surface area contributed by atoms with Gasteiger partial charge in [0.05, 0.1) is 6.67 Å². The molecular weight excluding hydrogens is 129 g/mol. The second-order valence-electron chi connectivity index (χ2n) is 1.69. The smallest absolute Gasteiger partial charge is 0.245 e. The first-order valence-electron chi connectivity index (χ1n) is 2.91. The van der Waals surface area contributed by atoms with Crippen LogP contribution in [0, 0.1) is 0 Å². The van der Waals surface area contributed by atoms with Crippen LogP contribution in [-0.4, -0.2) is 12.6 Å². The van der Waals surface area contributed by atoms with Gasteiger partial charge in [0, 0.05) is 6.42 Å². The Morgan fingerprint density at radius 2 is 1.33 bits per heavy atom. The van der Waals surface area contributed by atoms with Gasteiger partial charge in [-0.25, -0.2) is 8.78 Å². The summed E-state index contributed by atoms with van der Waals surface area (Å²) in [5.74, 6) is -2.46. The summed E-state index contributed by atoms with van der Waals surface area (Å²) in [5.41, 5.74) is 0. The Morgan fingerprint density at radius 1 is 1.22 bits per heavy atom. The molecule has 0 unspecified atom stereocenters. The maximum atomic E-state index is 11.5. The molecule has 0 atom stereocenters. The van der Waals surface area contributed by atoms with Crippen molar-refractivity contribution >= 4 is 0 Å². The molecule has 58 valence electrons. The Morgan fingerprint density at radius 3 is 1.33 bits per heavy atom. The fraction of sp³-hybridized carbons (Fsp3) is 1.00. The van der Waals surface area contributed by atoms with Crippen LogP contribution in [0.15, 0.2) is 0 Å². The summed E-state index contributed by atoms with van der Waals surface area (Å²) in [4.78, 5) is 0. The zero-order chi connectivity index (χ0) is 7.91. The fourth-order valence-electron chi connectivity index (χ4n) is 0. The molecule has 0 nitrogen and oxygen atoms in total. The van der Waals surface area contributed by atoms with Crippen LogP contribution in [-0.2, 0) is 0 Å². The largest absolute Gasteiger partial charge is 0.251 e. The van der Waals surface area contributed by atoms with Crippen LogP contribution >= 0.6 is 0 Å². The van der Waals surface area contributed by atoms with Crippen LogP contribution in [0.25, 0.3) is 0 Å². The molecule has 0 aromatic heterocycles. The molecule has 0 aliphatic carbocycles. The minimum Gasteiger partial charge on any atom is -0.251 e. The highest BCUT2D eigenvalue weighted by atomic mass is 19.3. The van der Waals surface area contributed by atoms with Gasteiger partial charge in [0.1, 0.15) is 0 Å². The summed E-state index contributed by atoms with van der Waals surface area (Å²) in [6.07, 6.45) is -0.0625. The summed E-state index contributed by atoms with van der Waals surface area (Å²) in [7, 11) is 0. The van der Waals surface area contributed by atoms with E-state index >= 15 is 0 Å². The first-order chi connectivity index (χ1) is 3.97. The van der Waals surface area contributed by atoms with Gasteiger partial charge in [-0.1, -0.05) is 6.92 Å². The molecule has 0 aliphatic heterocycles. The topological polar surface area (TPSA) is 0 Å². The van der Waals surface area contributed by atoms with E-state index in [1.165, 1.54) is 13.8 Å². The van der Waals surface area contributed by atoms with E-state index in [-0.39, 0.29) is 13.1 Å². The summed E-state index contributed by atoms with van der Waals surface area (Å²) in [5, 5.41) is 0. The zero-order valence-corrected chi connectivity index (χ0v) is 6.05. The van der Waals surface area contributed by atoms with Gasteiger partial charge in [-0.2, -0.15) is 0 Å². The third kappa shape index (κ3) is 33.5. The lowest BCUT2D eigenvalue weighted by molar-refractivity contribution is 0.0181. The predicted molar refractivity (Wildman–Crippen MR) is 32.6 cm³/mol. The van der Waals surface area contributed by atoms with E-state index in [9.17, 15) is 13.2 Å². The van der Waals surface area contributed by atoms with Crippen molar-refractivity contribution < 1.29 is 13.2 Å². The number of hydrogen-bond donors (Lipinski definition) is 0. The molecule has 0 saturated carbocycles. The van der Waals surface area contributed by atoms with Crippen LogP contribution in [0.5, 0.6) is 0 Å². The lowest BCUT2D eigenvalue weighted by Gasteiger charge is -2.02. The van der Waals surface area contributed by atoms with Crippen molar-refractivity contribution in [3.8, 4) is 0 Å². The number of rotatable bonds is 1. The van der Waals surface area contributed by atoms with E-state index in [0.29, 0.717) is 0 Å². The highest BCUT2D eigenvalue weighted by Crippen LogP contribution is 2.14. The molecule has 0 spiro atoms. The summed E-state index contributed by atoms with van der Waals surface area (Å²) in [6, 6.07) is 0. The molecule has 0 heterocycles. The van der Waals surface area contributed by atoms with Gasteiger partial charge < -0.3 is 0 Å². The van der Waals surface area contributed by atoms with Crippen molar-refractivity contribution in [3.63, 3.8) is 0 Å². The first-order valence-corrected chi connectivity index (χ1v) is 2.91. The maximum absolute atomic E-state index is 11.5. The molecule has 0 rings (SSSR count). The monoisotopic (exact) mass is 142 g/mol. The van der Waals surface area contributed by atoms with Gasteiger partial charge in [0.15, 0.2) is 0 Å². The molecule has 0 amide bonds. The fourth-order valence-corrected chi connectivity index (χ4v) is 0. The molecule has 0 bridgehead atoms. The first kappa shape index (κ1) is 11.6. The minimum absolute atomic E-state index is 0.0625. The maximum Gasteiger partial charge on any atom is 0.245 e. The summed E-state index contributed by atoms with van der Waals surface area (Å²) < 4.78 is 33.2. The Kier molecular flexibility index (Phi) is 7.61. The highest BCUT2D eigenvalue weighted by Gasteiger charge is 2.15. The van der Waals surface area contributed by atoms with Crippen LogP contribution in [0.1, 0.15) is 27.2 Å². The van der Waals surface area contributed by atoms with Crippen molar-refractivity contribution in [3.05, 3.63) is 0 Å². The van der Waals surface area contributed by atoms with Crippen molar-refractivity contribution in [2.75, 3.05) is 6.67 Å². The lowest BCUT2D eigenvalue weighted by Crippen LogP contribution is -2.05. The average molecular weight is 142 g/mol. The van der Waals surface area contributed by atoms with Crippen LogP contribution in [0.3, 0.4) is 0 Å². The average Bonchev–Trinajstić information content (AvgIpc) is 1.67. The van der Waals surface area contributed by atoms with Gasteiger partial charge in [-0.3, -0.25) is 4.39 Å². The molecule has 0 aromatic carbocycles. The van der Waals surface area contributed by atoms with E-state index in [4.69, 9.17) is 0 Å². The second-order valence-corrected chi connectivity index (χ2v) is 1.69. The van der Waals surface area contributed by atoms with Crippen LogP contribution in [0.2, 0.25) is 0 Å². The van der Waals surface area contributed by atoms with E-state index in [0.717, 1.165) is 6.92 Å².